The van der Waals surface area contributed by atoms with Crippen LogP contribution in [0.4, 0.5) is 0 Å². The number of nitrogens with two attached hydrogens (primary N) is 1. The fourth-order valence-electron chi connectivity index (χ4n) is 0.724. The third-order valence-electron chi connectivity index (χ3n) is 1.58. The van der Waals surface area contributed by atoms with Crippen LogP contribution < -0.4 is 5.73 Å². The standard InChI is InChI=1S/C7H18N2S/c1-9(2)4-3-7(5-8)6-10/h7,10H,3-6,8H2,1-2H3. The Balaban J connectivity index is 3.26. The molecule has 1 atom stereocenters. The summed E-state index contributed by atoms with van der Waals surface area (Å²) >= 11 is 4.20. The lowest BCUT2D eigenvalue weighted by Gasteiger charge is -2.14. The van der Waals surface area contributed by atoms with Gasteiger partial charge in [-0.15, -0.1) is 0 Å². The van der Waals surface area contributed by atoms with Crippen LogP contribution in [-0.2, 0) is 0 Å². The zero-order valence-corrected chi connectivity index (χ0v) is 7.77. The molecule has 0 aromatic rings. The first-order chi connectivity index (χ1) is 4.70. The van der Waals surface area contributed by atoms with E-state index in [9.17, 15) is 0 Å². The van der Waals surface area contributed by atoms with E-state index in [2.05, 4.69) is 31.6 Å². The number of nitrogens with zero attached hydrogens (tertiary/aromatic N) is 1. The minimum Gasteiger partial charge on any atom is -0.330 e. The van der Waals surface area contributed by atoms with Gasteiger partial charge in [0.2, 0.25) is 0 Å². The van der Waals surface area contributed by atoms with Crippen LogP contribution in [-0.4, -0.2) is 37.8 Å². The lowest BCUT2D eigenvalue weighted by atomic mass is 10.1. The van der Waals surface area contributed by atoms with Crippen molar-refractivity contribution in [2.24, 2.45) is 11.7 Å². The van der Waals surface area contributed by atoms with Gasteiger partial charge in [-0.2, -0.15) is 12.6 Å². The summed E-state index contributed by atoms with van der Waals surface area (Å²) < 4.78 is 0. The van der Waals surface area contributed by atoms with E-state index in [1.807, 2.05) is 0 Å². The van der Waals surface area contributed by atoms with E-state index in [0.29, 0.717) is 5.92 Å². The lowest BCUT2D eigenvalue weighted by Crippen LogP contribution is -2.22. The van der Waals surface area contributed by atoms with Gasteiger partial charge in [0.1, 0.15) is 0 Å². The van der Waals surface area contributed by atoms with Crippen molar-refractivity contribution in [3.8, 4) is 0 Å². The van der Waals surface area contributed by atoms with E-state index >= 15 is 0 Å². The molecule has 0 saturated carbocycles. The molecule has 10 heavy (non-hydrogen) atoms. The molecule has 0 aliphatic rings. The summed E-state index contributed by atoms with van der Waals surface area (Å²) in [5.74, 6) is 1.50. The molecule has 0 spiro atoms. The second kappa shape index (κ2) is 6.01. The molecule has 0 fully saturated rings. The van der Waals surface area contributed by atoms with E-state index in [0.717, 1.165) is 25.3 Å². The maximum absolute atomic E-state index is 5.50. The molecule has 0 aliphatic heterocycles. The van der Waals surface area contributed by atoms with Crippen LogP contribution in [0.3, 0.4) is 0 Å². The Bertz CT molecular complexity index is 72.0. The van der Waals surface area contributed by atoms with Gasteiger partial charge in [0.15, 0.2) is 0 Å². The summed E-state index contributed by atoms with van der Waals surface area (Å²) in [6.45, 7) is 1.87. The average molecular weight is 162 g/mol. The first-order valence-electron chi connectivity index (χ1n) is 3.66. The highest BCUT2D eigenvalue weighted by Crippen LogP contribution is 2.02. The third-order valence-corrected chi connectivity index (χ3v) is 2.09. The van der Waals surface area contributed by atoms with Crippen molar-refractivity contribution in [1.82, 2.24) is 4.90 Å². The van der Waals surface area contributed by atoms with E-state index in [-0.39, 0.29) is 0 Å². The zero-order valence-electron chi connectivity index (χ0n) is 6.88. The fourth-order valence-corrected chi connectivity index (χ4v) is 1.06. The first-order valence-corrected chi connectivity index (χ1v) is 4.29. The second-order valence-corrected chi connectivity index (χ2v) is 3.24. The van der Waals surface area contributed by atoms with Gasteiger partial charge in [-0.3, -0.25) is 0 Å². The smallest absolute Gasteiger partial charge is 0.00214 e. The van der Waals surface area contributed by atoms with Crippen LogP contribution in [0.2, 0.25) is 0 Å². The van der Waals surface area contributed by atoms with E-state index < -0.39 is 0 Å². The molecular weight excluding hydrogens is 144 g/mol. The van der Waals surface area contributed by atoms with Crippen molar-refractivity contribution in [3.63, 3.8) is 0 Å². The van der Waals surface area contributed by atoms with Crippen molar-refractivity contribution in [1.29, 1.82) is 0 Å². The van der Waals surface area contributed by atoms with Crippen molar-refractivity contribution >= 4 is 12.6 Å². The molecule has 0 heterocycles. The summed E-state index contributed by atoms with van der Waals surface area (Å²) in [6.07, 6.45) is 1.16. The highest BCUT2D eigenvalue weighted by Gasteiger charge is 2.03. The molecular formula is C7H18N2S. The van der Waals surface area contributed by atoms with Gasteiger partial charge in [0, 0.05) is 0 Å². The van der Waals surface area contributed by atoms with Crippen molar-refractivity contribution in [2.45, 2.75) is 6.42 Å². The van der Waals surface area contributed by atoms with E-state index in [4.69, 9.17) is 5.73 Å². The molecule has 0 amide bonds. The maximum Gasteiger partial charge on any atom is -0.00214 e. The second-order valence-electron chi connectivity index (χ2n) is 2.88. The highest BCUT2D eigenvalue weighted by molar-refractivity contribution is 7.80. The Labute approximate surface area is 69.2 Å². The summed E-state index contributed by atoms with van der Waals surface area (Å²) in [6, 6.07) is 0. The lowest BCUT2D eigenvalue weighted by molar-refractivity contribution is 0.365. The Morgan fingerprint density at radius 2 is 2.10 bits per heavy atom. The molecule has 2 N–H and O–H groups in total. The largest absolute Gasteiger partial charge is 0.330 e. The van der Waals surface area contributed by atoms with Crippen molar-refractivity contribution < 1.29 is 0 Å². The molecule has 2 nitrogen and oxygen atoms in total. The van der Waals surface area contributed by atoms with Gasteiger partial charge in [0.25, 0.3) is 0 Å². The van der Waals surface area contributed by atoms with Gasteiger partial charge in [-0.25, -0.2) is 0 Å². The van der Waals surface area contributed by atoms with Crippen LogP contribution in [0.1, 0.15) is 6.42 Å². The van der Waals surface area contributed by atoms with Crippen LogP contribution in [0.15, 0.2) is 0 Å². The topological polar surface area (TPSA) is 29.3 Å². The number of thiol groups is 1. The summed E-state index contributed by atoms with van der Waals surface area (Å²) in [5, 5.41) is 0. The normalized spacial score (nSPS) is 14.1. The number of hydrogen-bond acceptors (Lipinski definition) is 3. The van der Waals surface area contributed by atoms with Crippen LogP contribution in [0.25, 0.3) is 0 Å². The summed E-state index contributed by atoms with van der Waals surface area (Å²) in [5.41, 5.74) is 5.50. The predicted molar refractivity (Wildman–Crippen MR) is 49.6 cm³/mol. The molecule has 3 heteroatoms. The number of rotatable bonds is 5. The summed E-state index contributed by atoms with van der Waals surface area (Å²) in [7, 11) is 4.15. The molecule has 0 aliphatic carbocycles. The van der Waals surface area contributed by atoms with Crippen LogP contribution in [0, 0.1) is 5.92 Å². The van der Waals surface area contributed by atoms with E-state index in [1.54, 1.807) is 0 Å². The zero-order chi connectivity index (χ0) is 7.98. The predicted octanol–water partition coefficient (Wildman–Crippen LogP) is 0.443. The molecule has 0 rings (SSSR count). The SMILES string of the molecule is CN(C)CCC(CN)CS. The van der Waals surface area contributed by atoms with Gasteiger partial charge in [-0.1, -0.05) is 0 Å². The molecule has 62 valence electrons. The van der Waals surface area contributed by atoms with Gasteiger partial charge in [-0.05, 0) is 45.3 Å². The Morgan fingerprint density at radius 3 is 2.40 bits per heavy atom. The average Bonchev–Trinajstić information content (AvgIpc) is 1.90. The van der Waals surface area contributed by atoms with Gasteiger partial charge in [0.05, 0.1) is 0 Å². The van der Waals surface area contributed by atoms with E-state index in [1.165, 1.54) is 0 Å². The van der Waals surface area contributed by atoms with Crippen LogP contribution in [0.5, 0.6) is 0 Å². The fraction of sp³-hybridized carbons (Fsp3) is 1.00. The van der Waals surface area contributed by atoms with Gasteiger partial charge < -0.3 is 10.6 Å². The summed E-state index contributed by atoms with van der Waals surface area (Å²) in [4.78, 5) is 2.17. The Morgan fingerprint density at radius 1 is 1.50 bits per heavy atom. The number of hydrogen-bond donors (Lipinski definition) is 2. The maximum atomic E-state index is 5.50. The molecule has 1 unspecified atom stereocenters. The molecule has 0 radical (unpaired) electrons. The first kappa shape index (κ1) is 10.3. The monoisotopic (exact) mass is 162 g/mol. The molecule has 0 saturated heterocycles. The van der Waals surface area contributed by atoms with Crippen LogP contribution >= 0.6 is 12.6 Å². The third kappa shape index (κ3) is 5.09. The minimum absolute atomic E-state index is 0.589. The highest BCUT2D eigenvalue weighted by atomic mass is 32.1. The Kier molecular flexibility index (Phi) is 6.17. The minimum atomic E-state index is 0.589. The molecule has 0 aromatic heterocycles. The quantitative estimate of drug-likeness (QED) is 0.575. The van der Waals surface area contributed by atoms with Crippen molar-refractivity contribution in [2.75, 3.05) is 32.9 Å². The molecule has 0 aromatic carbocycles. The molecule has 0 bridgehead atoms. The van der Waals surface area contributed by atoms with Crippen molar-refractivity contribution in [3.05, 3.63) is 0 Å². The van der Waals surface area contributed by atoms with Gasteiger partial charge >= 0.3 is 0 Å². The Hall–Kier alpha value is 0.270.